The molecule has 0 bridgehead atoms. The molecule has 0 fully saturated rings. The Morgan fingerprint density at radius 3 is 1.33 bits per heavy atom. The first-order valence-electron chi connectivity index (χ1n) is 8.85. The normalized spacial score (nSPS) is 12.8. The standard InChI is InChI=1S/C18H38/c1-4-7-10-12-14-17-18(15-9-6-3)16-13-11-8-5-2/h18H,4-17H2,1-3H3. The van der Waals surface area contributed by atoms with Gasteiger partial charge in [-0.2, -0.15) is 0 Å². The summed E-state index contributed by atoms with van der Waals surface area (Å²) in [5.41, 5.74) is 0. The van der Waals surface area contributed by atoms with Crippen LogP contribution in [-0.2, 0) is 0 Å². The summed E-state index contributed by atoms with van der Waals surface area (Å²) in [6.45, 7) is 6.94. The zero-order valence-electron chi connectivity index (χ0n) is 13.5. The molecule has 0 saturated heterocycles. The minimum atomic E-state index is 1.04. The fourth-order valence-electron chi connectivity index (χ4n) is 2.82. The van der Waals surface area contributed by atoms with Crippen molar-refractivity contribution in [2.24, 2.45) is 5.92 Å². The van der Waals surface area contributed by atoms with E-state index in [9.17, 15) is 0 Å². The van der Waals surface area contributed by atoms with Crippen LogP contribution in [-0.4, -0.2) is 0 Å². The van der Waals surface area contributed by atoms with Crippen LogP contribution in [0.25, 0.3) is 0 Å². The van der Waals surface area contributed by atoms with Gasteiger partial charge in [0.15, 0.2) is 0 Å². The molecule has 1 atom stereocenters. The summed E-state index contributed by atoms with van der Waals surface area (Å²) in [5, 5.41) is 0. The molecule has 0 aromatic heterocycles. The van der Waals surface area contributed by atoms with Crippen LogP contribution in [0, 0.1) is 5.92 Å². The minimum absolute atomic E-state index is 1.04. The molecule has 0 aliphatic rings. The lowest BCUT2D eigenvalue weighted by Gasteiger charge is -2.16. The fourth-order valence-corrected chi connectivity index (χ4v) is 2.82. The molecule has 0 radical (unpaired) electrons. The molecular weight excluding hydrogens is 216 g/mol. The van der Waals surface area contributed by atoms with E-state index >= 15 is 0 Å². The fraction of sp³-hybridized carbons (Fsp3) is 1.00. The van der Waals surface area contributed by atoms with E-state index in [4.69, 9.17) is 0 Å². The Morgan fingerprint density at radius 2 is 0.833 bits per heavy atom. The van der Waals surface area contributed by atoms with Gasteiger partial charge in [0.2, 0.25) is 0 Å². The SMILES string of the molecule is CCCCCCCC(CCCC)CCCCCC. The van der Waals surface area contributed by atoms with Gasteiger partial charge in [0.1, 0.15) is 0 Å². The summed E-state index contributed by atoms with van der Waals surface area (Å²) >= 11 is 0. The lowest BCUT2D eigenvalue weighted by atomic mass is 9.90. The van der Waals surface area contributed by atoms with Gasteiger partial charge in [-0.25, -0.2) is 0 Å². The Labute approximate surface area is 117 Å². The third-order valence-corrected chi connectivity index (χ3v) is 4.15. The highest BCUT2D eigenvalue weighted by Crippen LogP contribution is 2.23. The van der Waals surface area contributed by atoms with Crippen LogP contribution in [0.1, 0.15) is 111 Å². The van der Waals surface area contributed by atoms with Crippen molar-refractivity contribution >= 4 is 0 Å². The molecule has 0 aromatic rings. The first kappa shape index (κ1) is 18.0. The predicted molar refractivity (Wildman–Crippen MR) is 85.2 cm³/mol. The Kier molecular flexibility index (Phi) is 15.1. The summed E-state index contributed by atoms with van der Waals surface area (Å²) in [6.07, 6.45) is 20.3. The monoisotopic (exact) mass is 254 g/mol. The van der Waals surface area contributed by atoms with Crippen LogP contribution in [0.4, 0.5) is 0 Å². The van der Waals surface area contributed by atoms with Crippen molar-refractivity contribution in [1.82, 2.24) is 0 Å². The summed E-state index contributed by atoms with van der Waals surface area (Å²) in [4.78, 5) is 0. The van der Waals surface area contributed by atoms with Crippen LogP contribution in [0.2, 0.25) is 0 Å². The van der Waals surface area contributed by atoms with Gasteiger partial charge in [0.25, 0.3) is 0 Å². The highest BCUT2D eigenvalue weighted by atomic mass is 14.1. The van der Waals surface area contributed by atoms with Gasteiger partial charge in [-0.1, -0.05) is 111 Å². The van der Waals surface area contributed by atoms with Gasteiger partial charge < -0.3 is 0 Å². The van der Waals surface area contributed by atoms with Crippen molar-refractivity contribution in [3.05, 3.63) is 0 Å². The number of hydrogen-bond acceptors (Lipinski definition) is 0. The molecule has 0 aromatic carbocycles. The molecule has 110 valence electrons. The van der Waals surface area contributed by atoms with Gasteiger partial charge in [0.05, 0.1) is 0 Å². The lowest BCUT2D eigenvalue weighted by molar-refractivity contribution is 0.372. The molecule has 0 nitrogen and oxygen atoms in total. The minimum Gasteiger partial charge on any atom is -0.0654 e. The first-order chi connectivity index (χ1) is 8.85. The molecule has 0 N–H and O–H groups in total. The van der Waals surface area contributed by atoms with E-state index in [-0.39, 0.29) is 0 Å². The van der Waals surface area contributed by atoms with Gasteiger partial charge in [-0.05, 0) is 5.92 Å². The lowest BCUT2D eigenvalue weighted by Crippen LogP contribution is -2.01. The maximum atomic E-state index is 2.33. The quantitative estimate of drug-likeness (QED) is 0.289. The maximum Gasteiger partial charge on any atom is -0.0414 e. The van der Waals surface area contributed by atoms with Crippen molar-refractivity contribution in [2.75, 3.05) is 0 Å². The summed E-state index contributed by atoms with van der Waals surface area (Å²) in [7, 11) is 0. The Bertz CT molecular complexity index is 139. The van der Waals surface area contributed by atoms with Crippen LogP contribution < -0.4 is 0 Å². The molecule has 1 unspecified atom stereocenters. The molecule has 0 amide bonds. The molecule has 0 saturated carbocycles. The van der Waals surface area contributed by atoms with Crippen LogP contribution >= 0.6 is 0 Å². The largest absolute Gasteiger partial charge is 0.0654 e. The zero-order chi connectivity index (χ0) is 13.5. The molecule has 0 heteroatoms. The topological polar surface area (TPSA) is 0 Å². The van der Waals surface area contributed by atoms with Crippen LogP contribution in [0.3, 0.4) is 0 Å². The molecule has 0 rings (SSSR count). The second-order valence-electron chi connectivity index (χ2n) is 6.06. The number of unbranched alkanes of at least 4 members (excludes halogenated alkanes) is 8. The van der Waals surface area contributed by atoms with Crippen molar-refractivity contribution in [3.8, 4) is 0 Å². The molecular formula is C18H38. The Hall–Kier alpha value is 0. The van der Waals surface area contributed by atoms with Gasteiger partial charge in [0, 0.05) is 0 Å². The van der Waals surface area contributed by atoms with E-state index in [0.29, 0.717) is 0 Å². The summed E-state index contributed by atoms with van der Waals surface area (Å²) < 4.78 is 0. The molecule has 0 aliphatic heterocycles. The smallest absolute Gasteiger partial charge is 0.0414 e. The third kappa shape index (κ3) is 12.5. The number of hydrogen-bond donors (Lipinski definition) is 0. The highest BCUT2D eigenvalue weighted by molar-refractivity contribution is 4.61. The molecule has 18 heavy (non-hydrogen) atoms. The highest BCUT2D eigenvalue weighted by Gasteiger charge is 2.07. The van der Waals surface area contributed by atoms with E-state index in [2.05, 4.69) is 20.8 Å². The van der Waals surface area contributed by atoms with E-state index < -0.39 is 0 Å². The van der Waals surface area contributed by atoms with Gasteiger partial charge >= 0.3 is 0 Å². The first-order valence-corrected chi connectivity index (χ1v) is 8.85. The maximum absolute atomic E-state index is 2.33. The third-order valence-electron chi connectivity index (χ3n) is 4.15. The van der Waals surface area contributed by atoms with Crippen LogP contribution in [0.15, 0.2) is 0 Å². The second kappa shape index (κ2) is 15.1. The Morgan fingerprint density at radius 1 is 0.444 bits per heavy atom. The molecule has 0 spiro atoms. The predicted octanol–water partition coefficient (Wildman–Crippen LogP) is 7.12. The van der Waals surface area contributed by atoms with E-state index in [1.165, 1.54) is 89.9 Å². The van der Waals surface area contributed by atoms with E-state index in [0.717, 1.165) is 5.92 Å². The van der Waals surface area contributed by atoms with E-state index in [1.807, 2.05) is 0 Å². The average Bonchev–Trinajstić information content (AvgIpc) is 2.39. The Balaban J connectivity index is 3.56. The summed E-state index contributed by atoms with van der Waals surface area (Å²) in [5.74, 6) is 1.04. The van der Waals surface area contributed by atoms with Gasteiger partial charge in [-0.3, -0.25) is 0 Å². The zero-order valence-corrected chi connectivity index (χ0v) is 13.5. The van der Waals surface area contributed by atoms with Crippen molar-refractivity contribution < 1.29 is 0 Å². The van der Waals surface area contributed by atoms with Crippen molar-refractivity contribution in [1.29, 1.82) is 0 Å². The molecule has 0 heterocycles. The number of rotatable bonds is 14. The van der Waals surface area contributed by atoms with Crippen LogP contribution in [0.5, 0.6) is 0 Å². The van der Waals surface area contributed by atoms with E-state index in [1.54, 1.807) is 0 Å². The molecule has 0 aliphatic carbocycles. The second-order valence-corrected chi connectivity index (χ2v) is 6.06. The van der Waals surface area contributed by atoms with Crippen molar-refractivity contribution in [3.63, 3.8) is 0 Å². The summed E-state index contributed by atoms with van der Waals surface area (Å²) in [6, 6.07) is 0. The average molecular weight is 255 g/mol. The van der Waals surface area contributed by atoms with Gasteiger partial charge in [-0.15, -0.1) is 0 Å². The van der Waals surface area contributed by atoms with Crippen molar-refractivity contribution in [2.45, 2.75) is 111 Å².